The second-order valence-corrected chi connectivity index (χ2v) is 3.93. The number of nitrogens with one attached hydrogen (secondary N) is 2. The van der Waals surface area contributed by atoms with Crippen LogP contribution in [-0.4, -0.2) is 32.9 Å². The van der Waals surface area contributed by atoms with Crippen molar-refractivity contribution in [2.45, 2.75) is 19.9 Å². The van der Waals surface area contributed by atoms with Gasteiger partial charge in [-0.2, -0.15) is 0 Å². The Kier molecular flexibility index (Phi) is 3.31. The van der Waals surface area contributed by atoms with Crippen molar-refractivity contribution < 1.29 is 4.79 Å². The topological polar surface area (TPSA) is 97.3 Å². The maximum Gasteiger partial charge on any atom is 0.239 e. The Morgan fingerprint density at radius 2 is 2.39 bits per heavy atom. The normalized spacial score (nSPS) is 12.3. The number of rotatable bonds is 5. The van der Waals surface area contributed by atoms with Crippen molar-refractivity contribution in [3.63, 3.8) is 0 Å². The predicted molar refractivity (Wildman–Crippen MR) is 69.4 cm³/mol. The van der Waals surface area contributed by atoms with Crippen LogP contribution in [0.3, 0.4) is 0 Å². The lowest BCUT2D eigenvalue weighted by molar-refractivity contribution is -0.118. The van der Waals surface area contributed by atoms with E-state index in [0.29, 0.717) is 17.3 Å². The standard InChI is InChI=1S/C11H16N6O/c1-3-13-8-6-17-5-4-14-11(17)10(16-8)15-7(2)9(12)18/h4-7,13H,3H2,1-2H3,(H2,12,18)(H,15,16). The van der Waals surface area contributed by atoms with Gasteiger partial charge in [0.2, 0.25) is 5.91 Å². The summed E-state index contributed by atoms with van der Waals surface area (Å²) >= 11 is 0. The third-order valence-electron chi connectivity index (χ3n) is 2.51. The van der Waals surface area contributed by atoms with Crippen LogP contribution in [0.25, 0.3) is 5.65 Å². The summed E-state index contributed by atoms with van der Waals surface area (Å²) in [4.78, 5) is 19.6. The number of fused-ring (bicyclic) bond motifs is 1. The van der Waals surface area contributed by atoms with E-state index in [1.165, 1.54) is 0 Å². The van der Waals surface area contributed by atoms with E-state index in [4.69, 9.17) is 5.73 Å². The molecule has 0 radical (unpaired) electrons. The van der Waals surface area contributed by atoms with Gasteiger partial charge in [0.1, 0.15) is 11.9 Å². The lowest BCUT2D eigenvalue weighted by atomic mass is 10.3. The Balaban J connectivity index is 2.40. The second-order valence-electron chi connectivity index (χ2n) is 3.93. The molecule has 4 N–H and O–H groups in total. The maximum atomic E-state index is 11.1. The molecule has 7 nitrogen and oxygen atoms in total. The van der Waals surface area contributed by atoms with E-state index < -0.39 is 11.9 Å². The van der Waals surface area contributed by atoms with Gasteiger partial charge in [-0.1, -0.05) is 0 Å². The summed E-state index contributed by atoms with van der Waals surface area (Å²) in [6.07, 6.45) is 5.33. The van der Waals surface area contributed by atoms with Crippen molar-refractivity contribution in [2.75, 3.05) is 17.2 Å². The van der Waals surface area contributed by atoms with Gasteiger partial charge in [-0.05, 0) is 13.8 Å². The zero-order chi connectivity index (χ0) is 13.1. The summed E-state index contributed by atoms with van der Waals surface area (Å²) in [6, 6.07) is -0.505. The fourth-order valence-electron chi connectivity index (χ4n) is 1.57. The highest BCUT2D eigenvalue weighted by Crippen LogP contribution is 2.16. The molecule has 0 saturated carbocycles. The summed E-state index contributed by atoms with van der Waals surface area (Å²) in [5.74, 6) is 0.808. The number of aromatic nitrogens is 3. The fraction of sp³-hybridized carbons (Fsp3) is 0.364. The first kappa shape index (κ1) is 12.2. The number of primary amides is 1. The number of carbonyl (C=O) groups excluding carboxylic acids is 1. The molecular weight excluding hydrogens is 232 g/mol. The average molecular weight is 248 g/mol. The molecule has 2 rings (SSSR count). The Bertz CT molecular complexity index is 564. The third-order valence-corrected chi connectivity index (χ3v) is 2.51. The minimum atomic E-state index is -0.505. The molecule has 0 aliphatic heterocycles. The van der Waals surface area contributed by atoms with E-state index >= 15 is 0 Å². The van der Waals surface area contributed by atoms with E-state index in [-0.39, 0.29) is 0 Å². The molecule has 0 aliphatic carbocycles. The van der Waals surface area contributed by atoms with Crippen LogP contribution in [0.2, 0.25) is 0 Å². The molecule has 0 aliphatic rings. The molecule has 1 unspecified atom stereocenters. The number of hydrogen-bond acceptors (Lipinski definition) is 5. The molecule has 96 valence electrons. The fourth-order valence-corrected chi connectivity index (χ4v) is 1.57. The van der Waals surface area contributed by atoms with Crippen molar-refractivity contribution >= 4 is 23.2 Å². The van der Waals surface area contributed by atoms with Gasteiger partial charge < -0.3 is 20.8 Å². The molecule has 1 atom stereocenters. The molecule has 0 aromatic carbocycles. The SMILES string of the molecule is CCNc1cn2ccnc2c(NC(C)C(N)=O)n1. The lowest BCUT2D eigenvalue weighted by Gasteiger charge is -2.13. The first-order chi connectivity index (χ1) is 8.61. The summed E-state index contributed by atoms with van der Waals surface area (Å²) in [5, 5.41) is 6.08. The predicted octanol–water partition coefficient (Wildman–Crippen LogP) is 0.447. The van der Waals surface area contributed by atoms with Crippen LogP contribution in [0.4, 0.5) is 11.6 Å². The number of hydrogen-bond donors (Lipinski definition) is 3. The number of carbonyl (C=O) groups is 1. The molecule has 2 heterocycles. The van der Waals surface area contributed by atoms with Gasteiger partial charge in [0.15, 0.2) is 11.5 Å². The van der Waals surface area contributed by atoms with E-state index in [9.17, 15) is 4.79 Å². The van der Waals surface area contributed by atoms with E-state index in [1.807, 2.05) is 23.7 Å². The van der Waals surface area contributed by atoms with Gasteiger partial charge in [-0.15, -0.1) is 0 Å². The Labute approximate surface area is 104 Å². The molecule has 1 amide bonds. The highest BCUT2D eigenvalue weighted by Gasteiger charge is 2.13. The van der Waals surface area contributed by atoms with Crippen molar-refractivity contribution in [3.8, 4) is 0 Å². The van der Waals surface area contributed by atoms with Gasteiger partial charge in [0, 0.05) is 18.9 Å². The smallest absolute Gasteiger partial charge is 0.239 e. The van der Waals surface area contributed by atoms with E-state index in [1.54, 1.807) is 13.1 Å². The highest BCUT2D eigenvalue weighted by atomic mass is 16.1. The summed E-state index contributed by atoms with van der Waals surface area (Å²) in [7, 11) is 0. The van der Waals surface area contributed by atoms with Crippen LogP contribution >= 0.6 is 0 Å². The first-order valence-corrected chi connectivity index (χ1v) is 5.75. The van der Waals surface area contributed by atoms with Crippen LogP contribution in [0.15, 0.2) is 18.6 Å². The molecule has 0 fully saturated rings. The number of anilines is 2. The van der Waals surface area contributed by atoms with Gasteiger partial charge in [-0.25, -0.2) is 9.97 Å². The summed E-state index contributed by atoms with van der Waals surface area (Å²) in [6.45, 7) is 4.43. The highest BCUT2D eigenvalue weighted by molar-refractivity contribution is 5.83. The molecule has 0 saturated heterocycles. The van der Waals surface area contributed by atoms with Crippen LogP contribution in [0.5, 0.6) is 0 Å². The quantitative estimate of drug-likeness (QED) is 0.713. The molecule has 7 heteroatoms. The minimum absolute atomic E-state index is 0.435. The van der Waals surface area contributed by atoms with E-state index in [2.05, 4.69) is 20.6 Å². The Morgan fingerprint density at radius 3 is 3.06 bits per heavy atom. The largest absolute Gasteiger partial charge is 0.369 e. The Hall–Kier alpha value is -2.31. The van der Waals surface area contributed by atoms with Crippen LogP contribution < -0.4 is 16.4 Å². The molecular formula is C11H16N6O. The van der Waals surface area contributed by atoms with Gasteiger partial charge in [-0.3, -0.25) is 4.79 Å². The first-order valence-electron chi connectivity index (χ1n) is 5.75. The molecule has 2 aromatic rings. The zero-order valence-electron chi connectivity index (χ0n) is 10.3. The van der Waals surface area contributed by atoms with Crippen LogP contribution in [-0.2, 0) is 4.79 Å². The number of amides is 1. The lowest BCUT2D eigenvalue weighted by Crippen LogP contribution is -2.33. The minimum Gasteiger partial charge on any atom is -0.369 e. The van der Waals surface area contributed by atoms with Gasteiger partial charge in [0.05, 0.1) is 6.20 Å². The van der Waals surface area contributed by atoms with Crippen molar-refractivity contribution in [1.82, 2.24) is 14.4 Å². The van der Waals surface area contributed by atoms with Crippen molar-refractivity contribution in [2.24, 2.45) is 5.73 Å². The van der Waals surface area contributed by atoms with Crippen molar-refractivity contribution in [1.29, 1.82) is 0 Å². The average Bonchev–Trinajstić information content (AvgIpc) is 2.77. The summed E-state index contributed by atoms with van der Waals surface area (Å²) in [5.41, 5.74) is 5.89. The monoisotopic (exact) mass is 248 g/mol. The number of nitrogens with zero attached hydrogens (tertiary/aromatic N) is 3. The zero-order valence-corrected chi connectivity index (χ0v) is 10.3. The maximum absolute atomic E-state index is 11.1. The number of nitrogens with two attached hydrogens (primary N) is 1. The molecule has 0 bridgehead atoms. The molecule has 18 heavy (non-hydrogen) atoms. The Morgan fingerprint density at radius 1 is 1.61 bits per heavy atom. The van der Waals surface area contributed by atoms with E-state index in [0.717, 1.165) is 6.54 Å². The van der Waals surface area contributed by atoms with Gasteiger partial charge >= 0.3 is 0 Å². The number of imidazole rings is 1. The summed E-state index contributed by atoms with van der Waals surface area (Å²) < 4.78 is 1.83. The third kappa shape index (κ3) is 2.34. The van der Waals surface area contributed by atoms with Crippen LogP contribution in [0, 0.1) is 0 Å². The van der Waals surface area contributed by atoms with Gasteiger partial charge in [0.25, 0.3) is 0 Å². The molecule has 2 aromatic heterocycles. The molecule has 0 spiro atoms. The van der Waals surface area contributed by atoms with Crippen molar-refractivity contribution in [3.05, 3.63) is 18.6 Å². The second kappa shape index (κ2) is 4.91. The van der Waals surface area contributed by atoms with Crippen LogP contribution in [0.1, 0.15) is 13.8 Å².